The molecule has 1 aliphatic carbocycles. The number of hydrogen-bond donors (Lipinski definition) is 1. The van der Waals surface area contributed by atoms with E-state index in [0.717, 1.165) is 13.1 Å². The third-order valence-electron chi connectivity index (χ3n) is 4.06. The fraction of sp³-hybridized carbons (Fsp3) is 0.600. The second kappa shape index (κ2) is 4.34. The van der Waals surface area contributed by atoms with Gasteiger partial charge in [-0.3, -0.25) is 0 Å². The molecule has 0 radical (unpaired) electrons. The number of hydrogen-bond acceptors (Lipinski definition) is 2. The highest BCUT2D eigenvalue weighted by molar-refractivity contribution is 5.66. The Labute approximate surface area is 104 Å². The highest BCUT2D eigenvalue weighted by atomic mass is 15.2. The second-order valence-corrected chi connectivity index (χ2v) is 5.59. The zero-order valence-corrected chi connectivity index (χ0v) is 10.7. The molecule has 0 spiro atoms. The molecule has 2 aliphatic rings. The summed E-state index contributed by atoms with van der Waals surface area (Å²) in [5, 5.41) is 0. The van der Waals surface area contributed by atoms with Gasteiger partial charge < -0.3 is 10.6 Å². The van der Waals surface area contributed by atoms with Gasteiger partial charge in [0.15, 0.2) is 0 Å². The summed E-state index contributed by atoms with van der Waals surface area (Å²) in [5.74, 6) is 0. The van der Waals surface area contributed by atoms with Gasteiger partial charge in [0.05, 0.1) is 0 Å². The molecule has 1 aliphatic heterocycles. The van der Waals surface area contributed by atoms with Crippen LogP contribution in [0.3, 0.4) is 0 Å². The molecule has 0 saturated heterocycles. The number of anilines is 1. The van der Waals surface area contributed by atoms with Gasteiger partial charge in [-0.15, -0.1) is 0 Å². The minimum Gasteiger partial charge on any atom is -0.369 e. The molecule has 1 aromatic rings. The molecule has 0 unspecified atom stereocenters. The molecule has 2 nitrogen and oxygen atoms in total. The number of benzene rings is 1. The topological polar surface area (TPSA) is 29.3 Å². The molecule has 2 N–H and O–H groups in total. The molecular formula is C15H22N2. The quantitative estimate of drug-likeness (QED) is 0.844. The number of nitrogens with zero attached hydrogens (tertiary/aromatic N) is 1. The van der Waals surface area contributed by atoms with Crippen molar-refractivity contribution in [3.05, 3.63) is 28.8 Å². The zero-order chi connectivity index (χ0) is 11.8. The first-order valence-corrected chi connectivity index (χ1v) is 6.90. The summed E-state index contributed by atoms with van der Waals surface area (Å²) in [5.41, 5.74) is 12.3. The van der Waals surface area contributed by atoms with Crippen LogP contribution in [0.5, 0.6) is 0 Å². The van der Waals surface area contributed by atoms with Gasteiger partial charge in [0, 0.05) is 24.8 Å². The summed E-state index contributed by atoms with van der Waals surface area (Å²) in [4.78, 5) is 2.52. The fourth-order valence-corrected chi connectivity index (χ4v) is 3.35. The van der Waals surface area contributed by atoms with E-state index in [0.29, 0.717) is 0 Å². The van der Waals surface area contributed by atoms with E-state index in [2.05, 4.69) is 24.0 Å². The Kier molecular flexibility index (Phi) is 2.83. The van der Waals surface area contributed by atoms with Crippen LogP contribution in [0, 0.1) is 0 Å². The smallest absolute Gasteiger partial charge is 0.0435 e. The van der Waals surface area contributed by atoms with Crippen molar-refractivity contribution in [1.82, 2.24) is 0 Å². The Morgan fingerprint density at radius 3 is 2.76 bits per heavy atom. The number of aryl methyl sites for hydroxylation is 1. The lowest BCUT2D eigenvalue weighted by Crippen LogP contribution is -2.35. The van der Waals surface area contributed by atoms with Crippen molar-refractivity contribution >= 4 is 5.69 Å². The molecule has 92 valence electrons. The van der Waals surface area contributed by atoms with Crippen LogP contribution >= 0.6 is 0 Å². The van der Waals surface area contributed by atoms with Crippen molar-refractivity contribution in [3.63, 3.8) is 0 Å². The standard InChI is InChI=1S/C15H22N2/c1-11(16)10-17-9-8-13-7-6-12-4-2-3-5-14(12)15(13)17/h6-7,11H,2-5,8-10,16H2,1H3/t11-/m0/s1. The number of nitrogens with two attached hydrogens (primary N) is 1. The Balaban J connectivity index is 2.00. The molecule has 1 heterocycles. The number of rotatable bonds is 2. The third kappa shape index (κ3) is 1.95. The van der Waals surface area contributed by atoms with Crippen molar-refractivity contribution in [3.8, 4) is 0 Å². The van der Waals surface area contributed by atoms with Crippen LogP contribution in [-0.4, -0.2) is 19.1 Å². The van der Waals surface area contributed by atoms with Crippen molar-refractivity contribution in [2.24, 2.45) is 5.73 Å². The molecule has 17 heavy (non-hydrogen) atoms. The van der Waals surface area contributed by atoms with E-state index >= 15 is 0 Å². The molecule has 2 heteroatoms. The largest absolute Gasteiger partial charge is 0.369 e. The van der Waals surface area contributed by atoms with E-state index in [1.807, 2.05) is 0 Å². The van der Waals surface area contributed by atoms with Crippen molar-refractivity contribution in [2.75, 3.05) is 18.0 Å². The van der Waals surface area contributed by atoms with Gasteiger partial charge in [-0.05, 0) is 55.7 Å². The first-order valence-electron chi connectivity index (χ1n) is 6.90. The lowest BCUT2D eigenvalue weighted by molar-refractivity contribution is 0.669. The van der Waals surface area contributed by atoms with E-state index in [1.54, 1.807) is 22.4 Å². The normalized spacial score (nSPS) is 20.0. The molecule has 0 bridgehead atoms. The van der Waals surface area contributed by atoms with Gasteiger partial charge >= 0.3 is 0 Å². The maximum atomic E-state index is 5.96. The minimum absolute atomic E-state index is 0.264. The SMILES string of the molecule is C[C@H](N)CN1CCc2ccc3c(c21)CCCC3. The summed E-state index contributed by atoms with van der Waals surface area (Å²) >= 11 is 0. The molecule has 0 fully saturated rings. The molecule has 3 rings (SSSR count). The van der Waals surface area contributed by atoms with Crippen molar-refractivity contribution in [2.45, 2.75) is 45.1 Å². The Bertz CT molecular complexity index is 423. The van der Waals surface area contributed by atoms with Gasteiger partial charge in [0.2, 0.25) is 0 Å². The maximum Gasteiger partial charge on any atom is 0.0435 e. The molecule has 0 aromatic heterocycles. The van der Waals surface area contributed by atoms with Crippen molar-refractivity contribution < 1.29 is 0 Å². The first-order chi connectivity index (χ1) is 8.25. The van der Waals surface area contributed by atoms with Crippen LogP contribution in [0.25, 0.3) is 0 Å². The van der Waals surface area contributed by atoms with Crippen LogP contribution < -0.4 is 10.6 Å². The van der Waals surface area contributed by atoms with Crippen molar-refractivity contribution in [1.29, 1.82) is 0 Å². The molecule has 1 aromatic carbocycles. The average Bonchev–Trinajstić information content (AvgIpc) is 2.72. The lowest BCUT2D eigenvalue weighted by Gasteiger charge is -2.27. The minimum atomic E-state index is 0.264. The lowest BCUT2D eigenvalue weighted by atomic mass is 9.88. The van der Waals surface area contributed by atoms with E-state index in [1.165, 1.54) is 32.1 Å². The summed E-state index contributed by atoms with van der Waals surface area (Å²) in [6.45, 7) is 4.27. The average molecular weight is 230 g/mol. The Morgan fingerprint density at radius 2 is 1.94 bits per heavy atom. The van der Waals surface area contributed by atoms with Crippen LogP contribution in [0.2, 0.25) is 0 Å². The van der Waals surface area contributed by atoms with Gasteiger partial charge in [0.25, 0.3) is 0 Å². The predicted octanol–water partition coefficient (Wildman–Crippen LogP) is 2.28. The van der Waals surface area contributed by atoms with E-state index in [4.69, 9.17) is 5.73 Å². The molecule has 0 amide bonds. The Hall–Kier alpha value is -1.02. The third-order valence-corrected chi connectivity index (χ3v) is 4.06. The van der Waals surface area contributed by atoms with Crippen LogP contribution in [0.1, 0.15) is 36.5 Å². The predicted molar refractivity (Wildman–Crippen MR) is 72.7 cm³/mol. The zero-order valence-electron chi connectivity index (χ0n) is 10.7. The molecule has 0 saturated carbocycles. The van der Waals surface area contributed by atoms with Gasteiger partial charge in [0.1, 0.15) is 0 Å². The Morgan fingerprint density at radius 1 is 1.18 bits per heavy atom. The van der Waals surface area contributed by atoms with Gasteiger partial charge in [-0.1, -0.05) is 12.1 Å². The second-order valence-electron chi connectivity index (χ2n) is 5.59. The van der Waals surface area contributed by atoms with E-state index < -0.39 is 0 Å². The highest BCUT2D eigenvalue weighted by Crippen LogP contribution is 2.37. The summed E-state index contributed by atoms with van der Waals surface area (Å²) in [7, 11) is 0. The summed E-state index contributed by atoms with van der Waals surface area (Å²) in [6.07, 6.45) is 6.46. The van der Waals surface area contributed by atoms with E-state index in [9.17, 15) is 0 Å². The molecule has 1 atom stereocenters. The monoisotopic (exact) mass is 230 g/mol. The maximum absolute atomic E-state index is 5.96. The highest BCUT2D eigenvalue weighted by Gasteiger charge is 2.25. The fourth-order valence-electron chi connectivity index (χ4n) is 3.35. The van der Waals surface area contributed by atoms with Gasteiger partial charge in [-0.2, -0.15) is 0 Å². The van der Waals surface area contributed by atoms with Gasteiger partial charge in [-0.25, -0.2) is 0 Å². The van der Waals surface area contributed by atoms with Crippen LogP contribution in [-0.2, 0) is 19.3 Å². The summed E-state index contributed by atoms with van der Waals surface area (Å²) in [6, 6.07) is 4.98. The first kappa shape index (κ1) is 11.1. The number of fused-ring (bicyclic) bond motifs is 3. The molecular weight excluding hydrogens is 208 g/mol. The van der Waals surface area contributed by atoms with Crippen LogP contribution in [0.15, 0.2) is 12.1 Å². The van der Waals surface area contributed by atoms with Crippen LogP contribution in [0.4, 0.5) is 5.69 Å². The summed E-state index contributed by atoms with van der Waals surface area (Å²) < 4.78 is 0. The van der Waals surface area contributed by atoms with E-state index in [-0.39, 0.29) is 6.04 Å².